The van der Waals surface area contributed by atoms with Crippen LogP contribution in [-0.4, -0.2) is 37.6 Å². The van der Waals surface area contributed by atoms with Crippen molar-refractivity contribution in [1.82, 2.24) is 0 Å². The van der Waals surface area contributed by atoms with Crippen LogP contribution in [-0.2, 0) is 14.2 Å². The quantitative estimate of drug-likeness (QED) is 0.506. The molecule has 3 heterocycles. The molecule has 0 aliphatic carbocycles. The summed E-state index contributed by atoms with van der Waals surface area (Å²) in [4.78, 5) is 0. The zero-order chi connectivity index (χ0) is 7.31. The SMILES string of the molecule is C1CC23OCCC2OCC3O1. The fourth-order valence-electron chi connectivity index (χ4n) is 2.51. The zero-order valence-electron chi connectivity index (χ0n) is 6.41. The highest BCUT2D eigenvalue weighted by Gasteiger charge is 2.59. The van der Waals surface area contributed by atoms with Crippen LogP contribution in [0.15, 0.2) is 0 Å². The van der Waals surface area contributed by atoms with Crippen molar-refractivity contribution in [2.45, 2.75) is 30.7 Å². The summed E-state index contributed by atoms with van der Waals surface area (Å²) in [6.45, 7) is 2.44. The Morgan fingerprint density at radius 2 is 2.09 bits per heavy atom. The molecule has 3 heteroatoms. The second-order valence-electron chi connectivity index (χ2n) is 3.52. The summed E-state index contributed by atoms with van der Waals surface area (Å²) in [5.74, 6) is 0. The van der Waals surface area contributed by atoms with Gasteiger partial charge < -0.3 is 14.2 Å². The van der Waals surface area contributed by atoms with Crippen LogP contribution < -0.4 is 0 Å². The molecule has 11 heavy (non-hydrogen) atoms. The van der Waals surface area contributed by atoms with Crippen LogP contribution >= 0.6 is 0 Å². The van der Waals surface area contributed by atoms with Crippen molar-refractivity contribution in [1.29, 1.82) is 0 Å². The van der Waals surface area contributed by atoms with Gasteiger partial charge in [-0.1, -0.05) is 0 Å². The molecule has 0 aromatic carbocycles. The summed E-state index contributed by atoms with van der Waals surface area (Å²) in [6.07, 6.45) is 2.65. The minimum Gasteiger partial charge on any atom is -0.373 e. The largest absolute Gasteiger partial charge is 0.373 e. The third-order valence-corrected chi connectivity index (χ3v) is 3.10. The van der Waals surface area contributed by atoms with Crippen molar-refractivity contribution in [2.24, 2.45) is 0 Å². The van der Waals surface area contributed by atoms with Crippen molar-refractivity contribution in [3.63, 3.8) is 0 Å². The van der Waals surface area contributed by atoms with E-state index in [1.54, 1.807) is 0 Å². The summed E-state index contributed by atoms with van der Waals surface area (Å²) < 4.78 is 16.9. The second-order valence-corrected chi connectivity index (χ2v) is 3.52. The van der Waals surface area contributed by atoms with Gasteiger partial charge in [0.2, 0.25) is 0 Å². The maximum absolute atomic E-state index is 5.74. The molecule has 62 valence electrons. The highest BCUT2D eigenvalue weighted by atomic mass is 16.6. The average molecular weight is 156 g/mol. The van der Waals surface area contributed by atoms with E-state index in [-0.39, 0.29) is 11.7 Å². The lowest BCUT2D eigenvalue weighted by molar-refractivity contribution is -0.0405. The van der Waals surface area contributed by atoms with E-state index in [0.29, 0.717) is 6.10 Å². The van der Waals surface area contributed by atoms with Crippen molar-refractivity contribution in [3.8, 4) is 0 Å². The van der Waals surface area contributed by atoms with E-state index in [2.05, 4.69) is 0 Å². The molecule has 0 aromatic heterocycles. The van der Waals surface area contributed by atoms with Gasteiger partial charge in [0, 0.05) is 6.42 Å². The number of hydrogen-bond donors (Lipinski definition) is 0. The minimum atomic E-state index is -0.0278. The highest BCUT2D eigenvalue weighted by molar-refractivity contribution is 5.07. The lowest BCUT2D eigenvalue weighted by Crippen LogP contribution is -2.40. The Bertz CT molecular complexity index is 160. The minimum absolute atomic E-state index is 0.0278. The van der Waals surface area contributed by atoms with Gasteiger partial charge in [0.1, 0.15) is 11.7 Å². The first-order chi connectivity index (χ1) is 5.42. The molecule has 0 radical (unpaired) electrons. The Labute approximate surface area is 65.6 Å². The average Bonchev–Trinajstić information content (AvgIpc) is 2.55. The van der Waals surface area contributed by atoms with E-state index in [1.807, 2.05) is 0 Å². The molecule has 0 saturated carbocycles. The molecule has 3 atom stereocenters. The molecule has 3 rings (SSSR count). The van der Waals surface area contributed by atoms with E-state index in [0.717, 1.165) is 32.7 Å². The maximum Gasteiger partial charge on any atom is 0.125 e. The molecule has 0 amide bonds. The lowest BCUT2D eigenvalue weighted by Gasteiger charge is -2.23. The molecule has 3 nitrogen and oxygen atoms in total. The number of ether oxygens (including phenoxy) is 3. The zero-order valence-corrected chi connectivity index (χ0v) is 6.41. The standard InChI is InChI=1S/C8H12O3/c1-3-11-8-2-4-9-7(8)5-10-6(1)8/h6-7H,1-5H2. The van der Waals surface area contributed by atoms with Crippen molar-refractivity contribution in [3.05, 3.63) is 0 Å². The first kappa shape index (κ1) is 6.40. The third-order valence-electron chi connectivity index (χ3n) is 3.10. The normalized spacial score (nSPS) is 54.5. The fraction of sp³-hybridized carbons (Fsp3) is 1.00. The van der Waals surface area contributed by atoms with Gasteiger partial charge in [-0.25, -0.2) is 0 Å². The van der Waals surface area contributed by atoms with Gasteiger partial charge in [-0.05, 0) is 6.42 Å². The fourth-order valence-corrected chi connectivity index (χ4v) is 2.51. The van der Waals surface area contributed by atoms with E-state index in [1.165, 1.54) is 0 Å². The maximum atomic E-state index is 5.74. The van der Waals surface area contributed by atoms with Crippen LogP contribution in [0.5, 0.6) is 0 Å². The Balaban J connectivity index is 1.97. The van der Waals surface area contributed by atoms with E-state index >= 15 is 0 Å². The lowest BCUT2D eigenvalue weighted by atomic mass is 9.92. The Morgan fingerprint density at radius 1 is 1.09 bits per heavy atom. The molecule has 3 fully saturated rings. The topological polar surface area (TPSA) is 27.7 Å². The Kier molecular flexibility index (Phi) is 1.15. The van der Waals surface area contributed by atoms with E-state index in [4.69, 9.17) is 14.2 Å². The first-order valence-electron chi connectivity index (χ1n) is 4.29. The summed E-state index contributed by atoms with van der Waals surface area (Å²) in [5.41, 5.74) is -0.0278. The Morgan fingerprint density at radius 3 is 3.09 bits per heavy atom. The van der Waals surface area contributed by atoms with Crippen LogP contribution in [0.25, 0.3) is 0 Å². The predicted octanol–water partition coefficient (Wildman–Crippen LogP) is 0.333. The van der Waals surface area contributed by atoms with Crippen LogP contribution in [0.1, 0.15) is 12.8 Å². The Hall–Kier alpha value is -0.120. The van der Waals surface area contributed by atoms with Gasteiger partial charge >= 0.3 is 0 Å². The van der Waals surface area contributed by atoms with Crippen LogP contribution in [0.3, 0.4) is 0 Å². The molecule has 3 aliphatic heterocycles. The summed E-state index contributed by atoms with van der Waals surface area (Å²) in [6, 6.07) is 0. The first-order valence-corrected chi connectivity index (χ1v) is 4.29. The molecular formula is C8H12O3. The number of hydrogen-bond acceptors (Lipinski definition) is 3. The molecule has 1 spiro atoms. The van der Waals surface area contributed by atoms with E-state index in [9.17, 15) is 0 Å². The van der Waals surface area contributed by atoms with Gasteiger partial charge in [-0.15, -0.1) is 0 Å². The van der Waals surface area contributed by atoms with Crippen LogP contribution in [0, 0.1) is 0 Å². The summed E-state index contributed by atoms with van der Waals surface area (Å²) in [7, 11) is 0. The van der Waals surface area contributed by atoms with Gasteiger partial charge in [0.15, 0.2) is 0 Å². The molecule has 0 N–H and O–H groups in total. The summed E-state index contributed by atoms with van der Waals surface area (Å²) >= 11 is 0. The van der Waals surface area contributed by atoms with Crippen molar-refractivity contribution < 1.29 is 14.2 Å². The predicted molar refractivity (Wildman–Crippen MR) is 37.4 cm³/mol. The second kappa shape index (κ2) is 1.97. The van der Waals surface area contributed by atoms with Gasteiger partial charge in [0.05, 0.1) is 25.9 Å². The van der Waals surface area contributed by atoms with Crippen LogP contribution in [0.4, 0.5) is 0 Å². The molecule has 0 bridgehead atoms. The molecule has 0 aromatic rings. The van der Waals surface area contributed by atoms with Gasteiger partial charge in [0.25, 0.3) is 0 Å². The molecule has 3 aliphatic rings. The van der Waals surface area contributed by atoms with Crippen molar-refractivity contribution in [2.75, 3.05) is 19.8 Å². The van der Waals surface area contributed by atoms with Crippen molar-refractivity contribution >= 4 is 0 Å². The molecule has 3 saturated heterocycles. The highest BCUT2D eigenvalue weighted by Crippen LogP contribution is 2.44. The van der Waals surface area contributed by atoms with Gasteiger partial charge in [-0.3, -0.25) is 0 Å². The number of rotatable bonds is 0. The molecule has 3 unspecified atom stereocenters. The van der Waals surface area contributed by atoms with Gasteiger partial charge in [-0.2, -0.15) is 0 Å². The monoisotopic (exact) mass is 156 g/mol. The smallest absolute Gasteiger partial charge is 0.125 e. The molecular weight excluding hydrogens is 144 g/mol. The summed E-state index contributed by atoms with van der Waals surface area (Å²) in [5, 5.41) is 0. The third kappa shape index (κ3) is 0.643. The van der Waals surface area contributed by atoms with E-state index < -0.39 is 0 Å². The van der Waals surface area contributed by atoms with Crippen LogP contribution in [0.2, 0.25) is 0 Å².